The number of rotatable bonds is 4. The number of aromatic nitrogens is 1. The molecule has 0 saturated carbocycles. The lowest BCUT2D eigenvalue weighted by atomic mass is 9.81. The molecule has 0 bridgehead atoms. The van der Waals surface area contributed by atoms with Crippen LogP contribution in [0.4, 0.5) is 0 Å². The summed E-state index contributed by atoms with van der Waals surface area (Å²) in [5, 5.41) is 12.5. The van der Waals surface area contributed by atoms with E-state index in [2.05, 4.69) is 10.3 Å². The van der Waals surface area contributed by atoms with E-state index in [1.165, 1.54) is 0 Å². The molecule has 1 aliphatic heterocycles. The summed E-state index contributed by atoms with van der Waals surface area (Å²) < 4.78 is 5.16. The van der Waals surface area contributed by atoms with Crippen molar-refractivity contribution >= 4 is 5.97 Å². The van der Waals surface area contributed by atoms with Crippen molar-refractivity contribution in [2.45, 2.75) is 12.8 Å². The maximum absolute atomic E-state index is 11.4. The van der Waals surface area contributed by atoms with Crippen LogP contribution in [0, 0.1) is 5.41 Å². The standard InChI is InChI=1S/C12H16N2O3/c1-17-10-9(3-2-5-14-10)7-12(11(15)16)4-6-13-8-12/h2-3,5,13H,4,6-8H2,1H3,(H,15,16). The number of carboxylic acid groups (broad SMARTS) is 1. The van der Waals surface area contributed by atoms with Crippen LogP contribution < -0.4 is 10.1 Å². The van der Waals surface area contributed by atoms with Gasteiger partial charge in [-0.2, -0.15) is 0 Å². The van der Waals surface area contributed by atoms with Crippen LogP contribution in [0.5, 0.6) is 5.88 Å². The second kappa shape index (κ2) is 4.71. The van der Waals surface area contributed by atoms with Gasteiger partial charge in [-0.25, -0.2) is 4.98 Å². The van der Waals surface area contributed by atoms with Crippen LogP contribution in [0.25, 0.3) is 0 Å². The fourth-order valence-electron chi connectivity index (χ4n) is 2.26. The quantitative estimate of drug-likeness (QED) is 0.805. The molecule has 2 N–H and O–H groups in total. The van der Waals surface area contributed by atoms with Crippen LogP contribution in [0.3, 0.4) is 0 Å². The zero-order valence-electron chi connectivity index (χ0n) is 9.77. The molecule has 0 radical (unpaired) electrons. The normalized spacial score (nSPS) is 23.6. The molecule has 92 valence electrons. The van der Waals surface area contributed by atoms with E-state index in [0.717, 1.165) is 12.1 Å². The molecule has 1 unspecified atom stereocenters. The highest BCUT2D eigenvalue weighted by Gasteiger charge is 2.42. The Morgan fingerprint density at radius 1 is 1.71 bits per heavy atom. The maximum Gasteiger partial charge on any atom is 0.311 e. The van der Waals surface area contributed by atoms with E-state index < -0.39 is 11.4 Å². The third-order valence-electron chi connectivity index (χ3n) is 3.27. The predicted octanol–water partition coefficient (Wildman–Crippen LogP) is 0.697. The van der Waals surface area contributed by atoms with E-state index in [9.17, 15) is 9.90 Å². The van der Waals surface area contributed by atoms with E-state index in [1.807, 2.05) is 6.07 Å². The number of carboxylic acids is 1. The highest BCUT2D eigenvalue weighted by atomic mass is 16.5. The molecule has 1 aromatic heterocycles. The first-order chi connectivity index (χ1) is 8.18. The van der Waals surface area contributed by atoms with Crippen LogP contribution >= 0.6 is 0 Å². The number of nitrogens with zero attached hydrogens (tertiary/aromatic N) is 1. The molecule has 1 atom stereocenters. The van der Waals surface area contributed by atoms with Crippen molar-refractivity contribution in [3.8, 4) is 5.88 Å². The molecule has 5 heteroatoms. The molecular weight excluding hydrogens is 220 g/mol. The average molecular weight is 236 g/mol. The van der Waals surface area contributed by atoms with Gasteiger partial charge in [0.1, 0.15) is 0 Å². The molecule has 0 aliphatic carbocycles. The van der Waals surface area contributed by atoms with Crippen molar-refractivity contribution in [1.82, 2.24) is 10.3 Å². The van der Waals surface area contributed by atoms with Gasteiger partial charge in [-0.3, -0.25) is 4.79 Å². The van der Waals surface area contributed by atoms with Crippen molar-refractivity contribution in [1.29, 1.82) is 0 Å². The molecule has 5 nitrogen and oxygen atoms in total. The maximum atomic E-state index is 11.4. The third-order valence-corrected chi connectivity index (χ3v) is 3.27. The molecular formula is C12H16N2O3. The fraction of sp³-hybridized carbons (Fsp3) is 0.500. The summed E-state index contributed by atoms with van der Waals surface area (Å²) in [6.07, 6.45) is 2.73. The smallest absolute Gasteiger partial charge is 0.311 e. The summed E-state index contributed by atoms with van der Waals surface area (Å²) in [7, 11) is 1.55. The molecule has 2 rings (SSSR count). The van der Waals surface area contributed by atoms with Crippen molar-refractivity contribution in [3.63, 3.8) is 0 Å². The largest absolute Gasteiger partial charge is 0.481 e. The van der Waals surface area contributed by atoms with Crippen molar-refractivity contribution < 1.29 is 14.6 Å². The molecule has 1 aromatic rings. The zero-order chi connectivity index (χ0) is 12.3. The second-order valence-corrected chi connectivity index (χ2v) is 4.36. The summed E-state index contributed by atoms with van der Waals surface area (Å²) in [6.45, 7) is 1.25. The Balaban J connectivity index is 2.26. The Kier molecular flexibility index (Phi) is 3.28. The summed E-state index contributed by atoms with van der Waals surface area (Å²) >= 11 is 0. The molecule has 2 heterocycles. The lowest BCUT2D eigenvalue weighted by molar-refractivity contribution is -0.147. The van der Waals surface area contributed by atoms with Crippen LogP contribution in [0.15, 0.2) is 18.3 Å². The van der Waals surface area contributed by atoms with Gasteiger partial charge in [0.25, 0.3) is 0 Å². The number of hydrogen-bond acceptors (Lipinski definition) is 4. The van der Waals surface area contributed by atoms with Gasteiger partial charge in [-0.15, -0.1) is 0 Å². The Morgan fingerprint density at radius 2 is 2.53 bits per heavy atom. The van der Waals surface area contributed by atoms with Gasteiger partial charge in [-0.1, -0.05) is 6.07 Å². The van der Waals surface area contributed by atoms with Gasteiger partial charge in [0, 0.05) is 18.3 Å². The minimum Gasteiger partial charge on any atom is -0.481 e. The highest BCUT2D eigenvalue weighted by molar-refractivity contribution is 5.76. The van der Waals surface area contributed by atoms with Gasteiger partial charge < -0.3 is 15.2 Å². The van der Waals surface area contributed by atoms with Crippen molar-refractivity contribution in [3.05, 3.63) is 23.9 Å². The first kappa shape index (κ1) is 11.9. The average Bonchev–Trinajstić information content (AvgIpc) is 2.80. The van der Waals surface area contributed by atoms with E-state index in [-0.39, 0.29) is 0 Å². The summed E-state index contributed by atoms with van der Waals surface area (Å²) in [4.78, 5) is 15.5. The van der Waals surface area contributed by atoms with E-state index in [1.54, 1.807) is 19.4 Å². The molecule has 1 saturated heterocycles. The molecule has 17 heavy (non-hydrogen) atoms. The zero-order valence-corrected chi connectivity index (χ0v) is 9.77. The number of carbonyl (C=O) groups is 1. The highest BCUT2D eigenvalue weighted by Crippen LogP contribution is 2.32. The number of ether oxygens (including phenoxy) is 1. The van der Waals surface area contributed by atoms with Gasteiger partial charge >= 0.3 is 5.97 Å². The monoisotopic (exact) mass is 236 g/mol. The number of aliphatic carboxylic acids is 1. The first-order valence-corrected chi connectivity index (χ1v) is 5.60. The molecule has 1 aliphatic rings. The molecule has 0 amide bonds. The summed E-state index contributed by atoms with van der Waals surface area (Å²) in [6, 6.07) is 3.67. The minimum absolute atomic E-state index is 0.451. The van der Waals surface area contributed by atoms with Crippen molar-refractivity contribution in [2.75, 3.05) is 20.2 Å². The van der Waals surface area contributed by atoms with Crippen LogP contribution in [-0.2, 0) is 11.2 Å². The van der Waals surface area contributed by atoms with E-state index in [4.69, 9.17) is 4.74 Å². The lowest BCUT2D eigenvalue weighted by Gasteiger charge is -2.23. The van der Waals surface area contributed by atoms with Crippen molar-refractivity contribution in [2.24, 2.45) is 5.41 Å². The Labute approximate surface area is 99.8 Å². The Morgan fingerprint density at radius 3 is 3.12 bits per heavy atom. The minimum atomic E-state index is -0.756. The first-order valence-electron chi connectivity index (χ1n) is 5.60. The fourth-order valence-corrected chi connectivity index (χ4v) is 2.26. The topological polar surface area (TPSA) is 71.5 Å². The van der Waals surface area contributed by atoms with Gasteiger partial charge in [-0.05, 0) is 25.5 Å². The van der Waals surface area contributed by atoms with E-state index in [0.29, 0.717) is 25.3 Å². The van der Waals surface area contributed by atoms with Crippen LogP contribution in [-0.4, -0.2) is 36.3 Å². The number of methoxy groups -OCH3 is 1. The SMILES string of the molecule is COc1ncccc1CC1(C(=O)O)CCNC1. The predicted molar refractivity (Wildman–Crippen MR) is 62.0 cm³/mol. The number of hydrogen-bond donors (Lipinski definition) is 2. The number of pyridine rings is 1. The van der Waals surface area contributed by atoms with Gasteiger partial charge in [0.15, 0.2) is 0 Å². The molecule has 1 fully saturated rings. The van der Waals surface area contributed by atoms with Gasteiger partial charge in [0.05, 0.1) is 12.5 Å². The number of nitrogens with one attached hydrogen (secondary N) is 1. The third kappa shape index (κ3) is 2.24. The van der Waals surface area contributed by atoms with E-state index >= 15 is 0 Å². The second-order valence-electron chi connectivity index (χ2n) is 4.36. The van der Waals surface area contributed by atoms with Crippen LogP contribution in [0.2, 0.25) is 0 Å². The summed E-state index contributed by atoms with van der Waals surface area (Å²) in [5.74, 6) is -0.242. The molecule has 0 spiro atoms. The Bertz CT molecular complexity index is 414. The Hall–Kier alpha value is -1.62. The van der Waals surface area contributed by atoms with Crippen LogP contribution in [0.1, 0.15) is 12.0 Å². The lowest BCUT2D eigenvalue weighted by Crippen LogP contribution is -2.35. The molecule has 0 aromatic carbocycles. The van der Waals surface area contributed by atoms with Gasteiger partial charge in [0.2, 0.25) is 5.88 Å². The summed E-state index contributed by atoms with van der Waals surface area (Å²) in [5.41, 5.74) is 0.122.